The summed E-state index contributed by atoms with van der Waals surface area (Å²) in [7, 11) is -3.27. The molecule has 202 valence electrons. The minimum Gasteiger partial charge on any atom is -0.394 e. The van der Waals surface area contributed by atoms with E-state index in [1.807, 2.05) is 0 Å². The van der Waals surface area contributed by atoms with E-state index in [9.17, 15) is 18.3 Å². The topological polar surface area (TPSA) is 147 Å². The Balaban J connectivity index is 1.50. The van der Waals surface area contributed by atoms with Crippen LogP contribution in [0.5, 0.6) is 0 Å². The van der Waals surface area contributed by atoms with Crippen molar-refractivity contribution in [3.63, 3.8) is 0 Å². The first-order chi connectivity index (χ1) is 18.0. The maximum Gasteiger partial charge on any atom is 0.254 e. The first-order valence-electron chi connectivity index (χ1n) is 12.1. The van der Waals surface area contributed by atoms with Crippen LogP contribution in [0.15, 0.2) is 48.7 Å². The predicted octanol–water partition coefficient (Wildman–Crippen LogP) is 3.56. The van der Waals surface area contributed by atoms with Crippen LogP contribution in [0.1, 0.15) is 59.3 Å². The van der Waals surface area contributed by atoms with Gasteiger partial charge in [-0.1, -0.05) is 29.8 Å². The van der Waals surface area contributed by atoms with E-state index in [4.69, 9.17) is 17.3 Å². The molecule has 0 radical (unpaired) electrons. The second kappa shape index (κ2) is 11.7. The number of hydrogen-bond acceptors (Lipinski definition) is 7. The number of hydrogen-bond donors (Lipinski definition) is 4. The fourth-order valence-corrected chi connectivity index (χ4v) is 5.71. The van der Waals surface area contributed by atoms with Crippen LogP contribution < -0.4 is 15.8 Å². The van der Waals surface area contributed by atoms with Gasteiger partial charge in [-0.25, -0.2) is 27.5 Å². The average Bonchev–Trinajstić information content (AvgIpc) is 2.87. The summed E-state index contributed by atoms with van der Waals surface area (Å²) < 4.78 is 40.7. The lowest BCUT2D eigenvalue weighted by molar-refractivity contribution is 0.0912. The number of carbonyl (C=O) groups excluding carboxylic acids is 1. The number of amides is 1. The van der Waals surface area contributed by atoms with Crippen LogP contribution in [-0.4, -0.2) is 48.3 Å². The standard InChI is InChI=1S/C26H29ClFN5O4S/c1-38(36,37)33-19-8-5-15(6-9-19)22-13-30-25(29)24(31-22)17-7-10-20(21(28)12-17)26(35)32-23(14-34)16-3-2-4-18(27)11-16/h2-4,7,10-13,15,19,23,33-34H,5-6,8-9,14H2,1H3,(H2,29,30)(H,32,35). The molecular weight excluding hydrogens is 533 g/mol. The Morgan fingerprint density at radius 2 is 1.95 bits per heavy atom. The Kier molecular flexibility index (Phi) is 8.61. The van der Waals surface area contributed by atoms with Gasteiger partial charge in [-0.05, 0) is 55.5 Å². The smallest absolute Gasteiger partial charge is 0.254 e. The highest BCUT2D eigenvalue weighted by molar-refractivity contribution is 7.88. The van der Waals surface area contributed by atoms with Crippen LogP contribution in [0, 0.1) is 5.82 Å². The molecule has 1 aliphatic carbocycles. The summed E-state index contributed by atoms with van der Waals surface area (Å²) >= 11 is 6.00. The third-order valence-corrected chi connectivity index (χ3v) is 7.57. The van der Waals surface area contributed by atoms with E-state index in [2.05, 4.69) is 20.0 Å². The molecule has 0 aliphatic heterocycles. The van der Waals surface area contributed by atoms with Gasteiger partial charge < -0.3 is 16.2 Å². The molecule has 9 nitrogen and oxygen atoms in total. The minimum atomic E-state index is -3.27. The van der Waals surface area contributed by atoms with Crippen molar-refractivity contribution in [2.45, 2.75) is 43.7 Å². The first-order valence-corrected chi connectivity index (χ1v) is 14.4. The number of sulfonamides is 1. The largest absolute Gasteiger partial charge is 0.394 e. The number of carbonyl (C=O) groups is 1. The summed E-state index contributed by atoms with van der Waals surface area (Å²) in [6, 6.07) is 9.87. The molecule has 1 atom stereocenters. The number of nitrogens with one attached hydrogen (secondary N) is 2. The third-order valence-electron chi connectivity index (χ3n) is 6.57. The summed E-state index contributed by atoms with van der Waals surface area (Å²) in [5, 5.41) is 12.8. The number of nitrogens with two attached hydrogens (primary N) is 1. The van der Waals surface area contributed by atoms with Crippen molar-refractivity contribution < 1.29 is 22.7 Å². The molecule has 0 spiro atoms. The first kappa shape index (κ1) is 27.9. The Hall–Kier alpha value is -3.12. The van der Waals surface area contributed by atoms with Crippen LogP contribution in [0.4, 0.5) is 10.2 Å². The van der Waals surface area contributed by atoms with Crippen LogP contribution >= 0.6 is 11.6 Å². The van der Waals surface area contributed by atoms with Crippen LogP contribution in [-0.2, 0) is 10.0 Å². The lowest BCUT2D eigenvalue weighted by Crippen LogP contribution is -2.36. The molecule has 1 fully saturated rings. The molecule has 1 saturated carbocycles. The minimum absolute atomic E-state index is 0.0660. The summed E-state index contributed by atoms with van der Waals surface area (Å²) in [4.78, 5) is 21.7. The Labute approximate surface area is 225 Å². The lowest BCUT2D eigenvalue weighted by atomic mass is 9.84. The van der Waals surface area contributed by atoms with Gasteiger partial charge in [-0.2, -0.15) is 0 Å². The van der Waals surface area contributed by atoms with Gasteiger partial charge in [0.15, 0.2) is 0 Å². The third kappa shape index (κ3) is 6.84. The van der Waals surface area contributed by atoms with E-state index >= 15 is 4.39 Å². The van der Waals surface area contributed by atoms with Gasteiger partial charge >= 0.3 is 0 Å². The van der Waals surface area contributed by atoms with Gasteiger partial charge in [0.1, 0.15) is 17.3 Å². The van der Waals surface area contributed by atoms with Gasteiger partial charge in [0.2, 0.25) is 10.0 Å². The molecule has 1 unspecified atom stereocenters. The van der Waals surface area contributed by atoms with Gasteiger partial charge in [0.05, 0.1) is 36.4 Å². The molecule has 0 bridgehead atoms. The summed E-state index contributed by atoms with van der Waals surface area (Å²) in [5.74, 6) is -1.28. The molecule has 1 amide bonds. The summed E-state index contributed by atoms with van der Waals surface area (Å²) in [6.07, 6.45) is 5.52. The van der Waals surface area contributed by atoms with E-state index in [1.54, 1.807) is 36.5 Å². The fraction of sp³-hybridized carbons (Fsp3) is 0.346. The number of aliphatic hydroxyl groups excluding tert-OH is 1. The predicted molar refractivity (Wildman–Crippen MR) is 144 cm³/mol. The number of halogens is 2. The molecule has 1 aliphatic rings. The highest BCUT2D eigenvalue weighted by Gasteiger charge is 2.26. The quantitative estimate of drug-likeness (QED) is 0.329. The number of nitrogens with zero attached hydrogens (tertiary/aromatic N) is 2. The highest BCUT2D eigenvalue weighted by atomic mass is 35.5. The van der Waals surface area contributed by atoms with E-state index in [-0.39, 0.29) is 23.3 Å². The number of nitrogen functional groups attached to an aromatic ring is 1. The number of aromatic nitrogens is 2. The van der Waals surface area contributed by atoms with E-state index in [1.165, 1.54) is 12.1 Å². The van der Waals surface area contributed by atoms with Crippen LogP contribution in [0.2, 0.25) is 5.02 Å². The molecule has 1 aromatic heterocycles. The Morgan fingerprint density at radius 3 is 2.58 bits per heavy atom. The Bertz CT molecular complexity index is 1430. The van der Waals surface area contributed by atoms with Crippen molar-refractivity contribution >= 4 is 33.3 Å². The van der Waals surface area contributed by atoms with Gasteiger partial charge in [-0.15, -0.1) is 0 Å². The SMILES string of the molecule is CS(=O)(=O)NC1CCC(c2cnc(N)c(-c3ccc(C(=O)NC(CO)c4cccc(Cl)c4)c(F)c3)n2)CC1. The fourth-order valence-electron chi connectivity index (χ4n) is 4.67. The molecular formula is C26H29ClFN5O4S. The monoisotopic (exact) mass is 561 g/mol. The van der Waals surface area contributed by atoms with Crippen molar-refractivity contribution in [1.82, 2.24) is 20.0 Å². The number of aliphatic hydroxyl groups is 1. The zero-order valence-corrected chi connectivity index (χ0v) is 22.3. The van der Waals surface area contributed by atoms with Crippen LogP contribution in [0.3, 0.4) is 0 Å². The van der Waals surface area contributed by atoms with E-state index < -0.39 is 34.4 Å². The second-order valence-corrected chi connectivity index (χ2v) is 11.6. The molecule has 5 N–H and O–H groups in total. The summed E-state index contributed by atoms with van der Waals surface area (Å²) in [6.45, 7) is -0.392. The second-order valence-electron chi connectivity index (χ2n) is 9.43. The van der Waals surface area contributed by atoms with Crippen molar-refractivity contribution in [1.29, 1.82) is 0 Å². The zero-order chi connectivity index (χ0) is 27.4. The summed E-state index contributed by atoms with van der Waals surface area (Å²) in [5.41, 5.74) is 7.82. The number of anilines is 1. The molecule has 4 rings (SSSR count). The zero-order valence-electron chi connectivity index (χ0n) is 20.7. The highest BCUT2D eigenvalue weighted by Crippen LogP contribution is 2.34. The van der Waals surface area contributed by atoms with Crippen molar-refractivity contribution in [3.05, 3.63) is 76.3 Å². The molecule has 12 heteroatoms. The molecule has 1 heterocycles. The van der Waals surface area contributed by atoms with Gasteiger partial charge in [-0.3, -0.25) is 4.79 Å². The maximum atomic E-state index is 15.1. The van der Waals surface area contributed by atoms with E-state index in [0.29, 0.717) is 40.4 Å². The molecule has 0 saturated heterocycles. The maximum absolute atomic E-state index is 15.1. The van der Waals surface area contributed by atoms with Gasteiger partial charge in [0, 0.05) is 22.5 Å². The molecule has 3 aromatic rings. The van der Waals surface area contributed by atoms with Crippen molar-refractivity contribution in [2.24, 2.45) is 0 Å². The van der Waals surface area contributed by atoms with Gasteiger partial charge in [0.25, 0.3) is 5.91 Å². The number of rotatable bonds is 8. The molecule has 38 heavy (non-hydrogen) atoms. The van der Waals surface area contributed by atoms with Crippen molar-refractivity contribution in [3.8, 4) is 11.3 Å². The average molecular weight is 562 g/mol. The van der Waals surface area contributed by atoms with Crippen LogP contribution in [0.25, 0.3) is 11.3 Å². The Morgan fingerprint density at radius 1 is 1.21 bits per heavy atom. The van der Waals surface area contributed by atoms with E-state index in [0.717, 1.165) is 19.1 Å². The molecule has 2 aromatic carbocycles. The number of benzene rings is 2. The van der Waals surface area contributed by atoms with Crippen molar-refractivity contribution in [2.75, 3.05) is 18.6 Å². The lowest BCUT2D eigenvalue weighted by Gasteiger charge is -2.28. The normalized spacial score (nSPS) is 18.6.